The van der Waals surface area contributed by atoms with Crippen molar-refractivity contribution in [2.24, 2.45) is 11.1 Å². The number of amides is 1. The molecule has 0 radical (unpaired) electrons. The molecule has 1 aliphatic carbocycles. The van der Waals surface area contributed by atoms with Crippen molar-refractivity contribution in [1.82, 2.24) is 5.32 Å². The first kappa shape index (κ1) is 12.5. The van der Waals surface area contributed by atoms with Crippen LogP contribution in [0.25, 0.3) is 0 Å². The molecule has 4 nitrogen and oxygen atoms in total. The van der Waals surface area contributed by atoms with Gasteiger partial charge in [-0.25, -0.2) is 0 Å². The van der Waals surface area contributed by atoms with Crippen LogP contribution in [-0.2, 0) is 9.53 Å². The van der Waals surface area contributed by atoms with Crippen LogP contribution in [0.3, 0.4) is 0 Å². The second kappa shape index (κ2) is 3.76. The van der Waals surface area contributed by atoms with Gasteiger partial charge in [0.25, 0.3) is 0 Å². The van der Waals surface area contributed by atoms with E-state index in [2.05, 4.69) is 26.1 Å². The Morgan fingerprint density at radius 1 is 1.53 bits per heavy atom. The number of nitrogens with one attached hydrogen (secondary N) is 1. The van der Waals surface area contributed by atoms with Gasteiger partial charge in [0.15, 0.2) is 0 Å². The van der Waals surface area contributed by atoms with Gasteiger partial charge in [0, 0.05) is 18.6 Å². The van der Waals surface area contributed by atoms with E-state index in [4.69, 9.17) is 10.5 Å². The minimum absolute atomic E-state index is 0.0493. The summed E-state index contributed by atoms with van der Waals surface area (Å²) in [6, 6.07) is -0.295. The van der Waals surface area contributed by atoms with E-state index in [9.17, 15) is 4.79 Å². The summed E-state index contributed by atoms with van der Waals surface area (Å²) in [7, 11) is 1.71. The molecule has 0 aromatic carbocycles. The highest BCUT2D eigenvalue weighted by Gasteiger charge is 2.58. The predicted molar refractivity (Wildman–Crippen MR) is 59.4 cm³/mol. The predicted octanol–water partition coefficient (Wildman–Crippen LogP) is 0.653. The highest BCUT2D eigenvalue weighted by Crippen LogP contribution is 2.51. The van der Waals surface area contributed by atoms with Crippen LogP contribution in [0.1, 0.15) is 34.1 Å². The molecule has 3 N–H and O–H groups in total. The molecule has 1 amide bonds. The van der Waals surface area contributed by atoms with Crippen molar-refractivity contribution in [2.75, 3.05) is 7.11 Å². The SMILES string of the molecule is COC1(C)CC(NC(=O)[C@@H](C)N)C1(C)C. The summed E-state index contributed by atoms with van der Waals surface area (Å²) in [5.74, 6) is -0.0915. The zero-order valence-electron chi connectivity index (χ0n) is 10.3. The van der Waals surface area contributed by atoms with Gasteiger partial charge in [-0.3, -0.25) is 4.79 Å². The highest BCUT2D eigenvalue weighted by atomic mass is 16.5. The summed E-state index contributed by atoms with van der Waals surface area (Å²) in [6.07, 6.45) is 0.842. The second-order valence-corrected chi connectivity index (χ2v) is 5.21. The van der Waals surface area contributed by atoms with E-state index in [1.165, 1.54) is 0 Å². The van der Waals surface area contributed by atoms with Gasteiger partial charge < -0.3 is 15.8 Å². The van der Waals surface area contributed by atoms with Crippen LogP contribution >= 0.6 is 0 Å². The zero-order chi connectivity index (χ0) is 11.9. The molecule has 1 saturated carbocycles. The summed E-state index contributed by atoms with van der Waals surface area (Å²) in [5, 5.41) is 2.95. The number of nitrogens with two attached hydrogens (primary N) is 1. The maximum absolute atomic E-state index is 11.5. The first-order valence-corrected chi connectivity index (χ1v) is 5.36. The lowest BCUT2D eigenvalue weighted by atomic mass is 9.56. The maximum Gasteiger partial charge on any atom is 0.236 e. The van der Waals surface area contributed by atoms with Gasteiger partial charge in [-0.1, -0.05) is 13.8 Å². The molecular formula is C11H22N2O2. The molecule has 0 aliphatic heterocycles. The zero-order valence-corrected chi connectivity index (χ0v) is 10.3. The van der Waals surface area contributed by atoms with Crippen molar-refractivity contribution in [3.8, 4) is 0 Å². The topological polar surface area (TPSA) is 64.3 Å². The van der Waals surface area contributed by atoms with Crippen LogP contribution in [0.5, 0.6) is 0 Å². The van der Waals surface area contributed by atoms with E-state index in [-0.39, 0.29) is 23.0 Å². The lowest BCUT2D eigenvalue weighted by molar-refractivity contribution is -0.182. The van der Waals surface area contributed by atoms with Crippen molar-refractivity contribution in [2.45, 2.75) is 51.8 Å². The Kier molecular flexibility index (Phi) is 3.12. The fourth-order valence-electron chi connectivity index (χ4n) is 2.03. The first-order valence-electron chi connectivity index (χ1n) is 5.36. The standard InChI is InChI=1S/C11H22N2O2/c1-7(12)9(14)13-8-6-11(4,15-5)10(8,2)3/h7-8H,6,12H2,1-5H3,(H,13,14)/t7-,8?,11?/m1/s1. The molecule has 0 bridgehead atoms. The first-order chi connectivity index (χ1) is 6.74. The van der Waals surface area contributed by atoms with Crippen molar-refractivity contribution in [3.05, 3.63) is 0 Å². The normalized spacial score (nSPS) is 35.5. The molecule has 0 aromatic heterocycles. The smallest absolute Gasteiger partial charge is 0.236 e. The molecule has 0 aromatic rings. The number of rotatable bonds is 3. The van der Waals surface area contributed by atoms with E-state index >= 15 is 0 Å². The summed E-state index contributed by atoms with van der Waals surface area (Å²) in [4.78, 5) is 11.5. The van der Waals surface area contributed by atoms with Gasteiger partial charge in [-0.15, -0.1) is 0 Å². The van der Waals surface area contributed by atoms with Crippen LogP contribution in [0.4, 0.5) is 0 Å². The average molecular weight is 214 g/mol. The molecule has 4 heteroatoms. The molecule has 3 atom stereocenters. The molecule has 0 spiro atoms. The fraction of sp³-hybridized carbons (Fsp3) is 0.909. The number of methoxy groups -OCH3 is 1. The van der Waals surface area contributed by atoms with E-state index in [0.717, 1.165) is 6.42 Å². The minimum Gasteiger partial charge on any atom is -0.378 e. The maximum atomic E-state index is 11.5. The van der Waals surface area contributed by atoms with Crippen LogP contribution in [0.15, 0.2) is 0 Å². The summed E-state index contributed by atoms with van der Waals surface area (Å²) < 4.78 is 5.48. The molecule has 1 fully saturated rings. The molecule has 15 heavy (non-hydrogen) atoms. The number of ether oxygens (including phenoxy) is 1. The summed E-state index contributed by atoms with van der Waals surface area (Å²) in [5.41, 5.74) is 5.31. The fourth-order valence-corrected chi connectivity index (χ4v) is 2.03. The van der Waals surface area contributed by atoms with E-state index in [0.29, 0.717) is 0 Å². The van der Waals surface area contributed by atoms with E-state index < -0.39 is 6.04 Å². The minimum atomic E-state index is -0.449. The monoisotopic (exact) mass is 214 g/mol. The van der Waals surface area contributed by atoms with Gasteiger partial charge in [-0.2, -0.15) is 0 Å². The van der Waals surface area contributed by atoms with Crippen LogP contribution < -0.4 is 11.1 Å². The van der Waals surface area contributed by atoms with Gasteiger partial charge in [-0.05, 0) is 20.3 Å². The van der Waals surface area contributed by atoms with Crippen LogP contribution in [0, 0.1) is 5.41 Å². The van der Waals surface area contributed by atoms with Gasteiger partial charge in [0.05, 0.1) is 11.6 Å². The largest absolute Gasteiger partial charge is 0.378 e. The van der Waals surface area contributed by atoms with Crippen molar-refractivity contribution in [1.29, 1.82) is 0 Å². The third-order valence-electron chi connectivity index (χ3n) is 4.01. The number of hydrogen-bond acceptors (Lipinski definition) is 3. The molecule has 88 valence electrons. The van der Waals surface area contributed by atoms with E-state index in [1.54, 1.807) is 14.0 Å². The molecule has 0 saturated heterocycles. The second-order valence-electron chi connectivity index (χ2n) is 5.21. The van der Waals surface area contributed by atoms with Crippen molar-refractivity contribution < 1.29 is 9.53 Å². The third-order valence-corrected chi connectivity index (χ3v) is 4.01. The molecule has 1 aliphatic rings. The van der Waals surface area contributed by atoms with Gasteiger partial charge >= 0.3 is 0 Å². The van der Waals surface area contributed by atoms with Crippen LogP contribution in [0.2, 0.25) is 0 Å². The van der Waals surface area contributed by atoms with Crippen molar-refractivity contribution in [3.63, 3.8) is 0 Å². The summed E-state index contributed by atoms with van der Waals surface area (Å²) in [6.45, 7) is 7.97. The average Bonchev–Trinajstić information content (AvgIpc) is 2.16. The van der Waals surface area contributed by atoms with Gasteiger partial charge in [0.2, 0.25) is 5.91 Å². The Balaban J connectivity index is 2.60. The quantitative estimate of drug-likeness (QED) is 0.725. The number of hydrogen-bond donors (Lipinski definition) is 2. The number of carbonyl (C=O) groups is 1. The Hall–Kier alpha value is -0.610. The Morgan fingerprint density at radius 3 is 2.40 bits per heavy atom. The summed E-state index contributed by atoms with van der Waals surface area (Å²) >= 11 is 0. The lowest BCUT2D eigenvalue weighted by Crippen LogP contribution is -2.69. The van der Waals surface area contributed by atoms with Gasteiger partial charge in [0.1, 0.15) is 0 Å². The van der Waals surface area contributed by atoms with E-state index in [1.807, 2.05) is 0 Å². The third kappa shape index (κ3) is 1.88. The Bertz CT molecular complexity index is 263. The number of carbonyl (C=O) groups excluding carboxylic acids is 1. The Labute approximate surface area is 91.5 Å². The molecule has 0 heterocycles. The molecular weight excluding hydrogens is 192 g/mol. The highest BCUT2D eigenvalue weighted by molar-refractivity contribution is 5.81. The lowest BCUT2D eigenvalue weighted by Gasteiger charge is -2.59. The van der Waals surface area contributed by atoms with Crippen molar-refractivity contribution >= 4 is 5.91 Å². The molecule has 2 unspecified atom stereocenters. The van der Waals surface area contributed by atoms with Crippen LogP contribution in [-0.4, -0.2) is 30.7 Å². The molecule has 1 rings (SSSR count). The Morgan fingerprint density at radius 2 is 2.07 bits per heavy atom.